The zero-order valence-electron chi connectivity index (χ0n) is 11.5. The van der Waals surface area contributed by atoms with E-state index in [1.54, 1.807) is 6.08 Å². The molecule has 1 amide bonds. The highest BCUT2D eigenvalue weighted by Crippen LogP contribution is 2.19. The molecule has 4 nitrogen and oxygen atoms in total. The van der Waals surface area contributed by atoms with Gasteiger partial charge in [-0.3, -0.25) is 4.79 Å². The number of halogens is 1. The fourth-order valence-corrected chi connectivity index (χ4v) is 2.27. The summed E-state index contributed by atoms with van der Waals surface area (Å²) >= 11 is 7.39. The predicted molar refractivity (Wildman–Crippen MR) is 87.1 cm³/mol. The fraction of sp³-hybridized carbons (Fsp3) is 0.133. The Labute approximate surface area is 132 Å². The number of hydrogen-bond acceptors (Lipinski definition) is 4. The van der Waals surface area contributed by atoms with E-state index in [1.165, 1.54) is 18.0 Å². The summed E-state index contributed by atoms with van der Waals surface area (Å²) in [6, 6.07) is 7.50. The van der Waals surface area contributed by atoms with Crippen molar-refractivity contribution in [2.75, 3.05) is 11.1 Å². The summed E-state index contributed by atoms with van der Waals surface area (Å²) in [5.74, 6) is 0.312. The van der Waals surface area contributed by atoms with Gasteiger partial charge in [-0.2, -0.15) is 0 Å². The molecule has 0 saturated carbocycles. The van der Waals surface area contributed by atoms with Crippen LogP contribution in [0.15, 0.2) is 48.3 Å². The SMILES string of the molecule is C=CCSc1ncc(Cl)c(C(=O)Nc2ccc(C)cc2)n1. The first kappa shape index (κ1) is 15.5. The van der Waals surface area contributed by atoms with Gasteiger partial charge in [0.2, 0.25) is 0 Å². The second-order valence-electron chi connectivity index (χ2n) is 4.27. The van der Waals surface area contributed by atoms with Gasteiger partial charge in [0, 0.05) is 11.4 Å². The number of nitrogens with one attached hydrogen (secondary N) is 1. The van der Waals surface area contributed by atoms with Gasteiger partial charge in [-0.25, -0.2) is 9.97 Å². The molecule has 0 radical (unpaired) electrons. The molecule has 108 valence electrons. The lowest BCUT2D eigenvalue weighted by Crippen LogP contribution is -2.15. The van der Waals surface area contributed by atoms with Crippen molar-refractivity contribution in [1.29, 1.82) is 0 Å². The van der Waals surface area contributed by atoms with Gasteiger partial charge in [0.25, 0.3) is 5.91 Å². The predicted octanol–water partition coefficient (Wildman–Crippen LogP) is 3.97. The number of aromatic nitrogens is 2. The van der Waals surface area contributed by atoms with Crippen molar-refractivity contribution in [1.82, 2.24) is 9.97 Å². The molecule has 1 aromatic carbocycles. The Balaban J connectivity index is 2.17. The van der Waals surface area contributed by atoms with Crippen LogP contribution < -0.4 is 5.32 Å². The number of amides is 1. The van der Waals surface area contributed by atoms with E-state index in [4.69, 9.17) is 11.6 Å². The summed E-state index contributed by atoms with van der Waals surface area (Å²) in [5.41, 5.74) is 1.98. The third kappa shape index (κ3) is 4.31. The van der Waals surface area contributed by atoms with Crippen molar-refractivity contribution >= 4 is 35.0 Å². The normalized spacial score (nSPS) is 10.2. The van der Waals surface area contributed by atoms with E-state index in [2.05, 4.69) is 21.9 Å². The number of thioether (sulfide) groups is 1. The second kappa shape index (κ2) is 7.24. The molecule has 6 heteroatoms. The van der Waals surface area contributed by atoms with Gasteiger partial charge in [0.1, 0.15) is 0 Å². The molecular weight excluding hydrogens is 306 g/mol. The molecule has 2 rings (SSSR count). The van der Waals surface area contributed by atoms with E-state index >= 15 is 0 Å². The summed E-state index contributed by atoms with van der Waals surface area (Å²) in [5, 5.41) is 3.48. The molecule has 1 aromatic heterocycles. The number of benzene rings is 1. The van der Waals surface area contributed by atoms with E-state index in [0.717, 1.165) is 5.56 Å². The van der Waals surface area contributed by atoms with Crippen LogP contribution in [0.2, 0.25) is 5.02 Å². The van der Waals surface area contributed by atoms with Crippen LogP contribution in [-0.2, 0) is 0 Å². The molecule has 0 aliphatic heterocycles. The Morgan fingerprint density at radius 2 is 2.14 bits per heavy atom. The maximum atomic E-state index is 12.2. The Morgan fingerprint density at radius 3 is 2.81 bits per heavy atom. The van der Waals surface area contributed by atoms with E-state index in [0.29, 0.717) is 16.6 Å². The van der Waals surface area contributed by atoms with Crippen LogP contribution in [0.5, 0.6) is 0 Å². The van der Waals surface area contributed by atoms with Crippen molar-refractivity contribution in [3.05, 3.63) is 59.4 Å². The third-order valence-electron chi connectivity index (χ3n) is 2.58. The van der Waals surface area contributed by atoms with E-state index < -0.39 is 0 Å². The Hall–Kier alpha value is -1.85. The summed E-state index contributed by atoms with van der Waals surface area (Å²) in [7, 11) is 0. The maximum Gasteiger partial charge on any atom is 0.275 e. The first-order valence-electron chi connectivity index (χ1n) is 6.24. The minimum Gasteiger partial charge on any atom is -0.321 e. The summed E-state index contributed by atoms with van der Waals surface area (Å²) in [4.78, 5) is 20.5. The maximum absolute atomic E-state index is 12.2. The van der Waals surface area contributed by atoms with Gasteiger partial charge in [-0.1, -0.05) is 47.1 Å². The standard InChI is InChI=1S/C15H14ClN3OS/c1-3-8-21-15-17-9-12(16)13(19-15)14(20)18-11-6-4-10(2)5-7-11/h3-7,9H,1,8H2,2H3,(H,18,20). The minimum atomic E-state index is -0.355. The first-order chi connectivity index (χ1) is 10.1. The van der Waals surface area contributed by atoms with Crippen molar-refractivity contribution in [2.45, 2.75) is 12.1 Å². The van der Waals surface area contributed by atoms with Gasteiger partial charge < -0.3 is 5.32 Å². The number of hydrogen-bond donors (Lipinski definition) is 1. The van der Waals surface area contributed by atoms with Crippen LogP contribution in [0, 0.1) is 6.92 Å². The molecule has 2 aromatic rings. The topological polar surface area (TPSA) is 54.9 Å². The largest absolute Gasteiger partial charge is 0.321 e. The Kier molecular flexibility index (Phi) is 5.36. The number of aryl methyl sites for hydroxylation is 1. The van der Waals surface area contributed by atoms with Crippen molar-refractivity contribution in [3.63, 3.8) is 0 Å². The second-order valence-corrected chi connectivity index (χ2v) is 5.66. The van der Waals surface area contributed by atoms with Crippen LogP contribution in [0.25, 0.3) is 0 Å². The zero-order valence-corrected chi connectivity index (χ0v) is 13.0. The van der Waals surface area contributed by atoms with Crippen LogP contribution >= 0.6 is 23.4 Å². The zero-order chi connectivity index (χ0) is 15.2. The molecule has 0 atom stereocenters. The Bertz CT molecular complexity index is 658. The molecule has 0 aliphatic rings. The van der Waals surface area contributed by atoms with E-state index in [1.807, 2.05) is 31.2 Å². The van der Waals surface area contributed by atoms with Crippen molar-refractivity contribution < 1.29 is 4.79 Å². The molecule has 0 spiro atoms. The Morgan fingerprint density at radius 1 is 1.43 bits per heavy atom. The summed E-state index contributed by atoms with van der Waals surface area (Å²) in [6.45, 7) is 5.61. The highest BCUT2D eigenvalue weighted by atomic mass is 35.5. The smallest absolute Gasteiger partial charge is 0.275 e. The van der Waals surface area contributed by atoms with E-state index in [-0.39, 0.29) is 16.6 Å². The van der Waals surface area contributed by atoms with Gasteiger partial charge in [0.15, 0.2) is 10.9 Å². The van der Waals surface area contributed by atoms with Crippen LogP contribution in [0.1, 0.15) is 16.1 Å². The molecule has 0 fully saturated rings. The van der Waals surface area contributed by atoms with Gasteiger partial charge in [0.05, 0.1) is 11.2 Å². The number of carbonyl (C=O) groups is 1. The van der Waals surface area contributed by atoms with Crippen LogP contribution in [0.4, 0.5) is 5.69 Å². The monoisotopic (exact) mass is 319 g/mol. The first-order valence-corrected chi connectivity index (χ1v) is 7.61. The number of nitrogens with zero attached hydrogens (tertiary/aromatic N) is 2. The fourth-order valence-electron chi connectivity index (χ4n) is 1.54. The number of carbonyl (C=O) groups excluding carboxylic acids is 1. The highest BCUT2D eigenvalue weighted by Gasteiger charge is 2.14. The molecule has 0 unspecified atom stereocenters. The van der Waals surface area contributed by atoms with Crippen LogP contribution in [-0.4, -0.2) is 21.6 Å². The summed E-state index contributed by atoms with van der Waals surface area (Å²) < 4.78 is 0. The van der Waals surface area contributed by atoms with Gasteiger partial charge in [-0.05, 0) is 19.1 Å². The minimum absolute atomic E-state index is 0.166. The molecular formula is C15H14ClN3OS. The molecule has 21 heavy (non-hydrogen) atoms. The lowest BCUT2D eigenvalue weighted by molar-refractivity contribution is 0.102. The van der Waals surface area contributed by atoms with Gasteiger partial charge >= 0.3 is 0 Å². The van der Waals surface area contributed by atoms with Crippen LogP contribution in [0.3, 0.4) is 0 Å². The average molecular weight is 320 g/mol. The van der Waals surface area contributed by atoms with Crippen molar-refractivity contribution in [2.24, 2.45) is 0 Å². The van der Waals surface area contributed by atoms with E-state index in [9.17, 15) is 4.79 Å². The third-order valence-corrected chi connectivity index (χ3v) is 3.71. The lowest BCUT2D eigenvalue weighted by Gasteiger charge is -2.07. The lowest BCUT2D eigenvalue weighted by atomic mass is 10.2. The molecule has 1 N–H and O–H groups in total. The quantitative estimate of drug-likeness (QED) is 0.515. The molecule has 0 aliphatic carbocycles. The average Bonchev–Trinajstić information content (AvgIpc) is 2.48. The van der Waals surface area contributed by atoms with Crippen molar-refractivity contribution in [3.8, 4) is 0 Å². The summed E-state index contributed by atoms with van der Waals surface area (Å²) in [6.07, 6.45) is 3.18. The number of rotatable bonds is 5. The molecule has 1 heterocycles. The number of anilines is 1. The molecule has 0 saturated heterocycles. The molecule has 0 bridgehead atoms. The highest BCUT2D eigenvalue weighted by molar-refractivity contribution is 7.99. The van der Waals surface area contributed by atoms with Gasteiger partial charge in [-0.15, -0.1) is 6.58 Å².